The van der Waals surface area contributed by atoms with Crippen LogP contribution in [0.15, 0.2) is 33.7 Å². The van der Waals surface area contributed by atoms with Crippen molar-refractivity contribution < 1.29 is 13.8 Å². The van der Waals surface area contributed by atoms with Crippen molar-refractivity contribution in [2.75, 3.05) is 0 Å². The number of hydrogen-bond donors (Lipinski definition) is 1. The van der Waals surface area contributed by atoms with Crippen molar-refractivity contribution in [1.29, 1.82) is 0 Å². The van der Waals surface area contributed by atoms with Gasteiger partial charge in [0.25, 0.3) is 5.91 Å². The van der Waals surface area contributed by atoms with E-state index in [2.05, 4.69) is 31.0 Å². The van der Waals surface area contributed by atoms with Crippen LogP contribution >= 0.6 is 0 Å². The largest absolute Gasteiger partial charge is 0.349 e. The third-order valence-corrected chi connectivity index (χ3v) is 3.84. The Morgan fingerprint density at radius 2 is 1.87 bits per heavy atom. The highest BCUT2D eigenvalue weighted by Crippen LogP contribution is 2.30. The second-order valence-electron chi connectivity index (χ2n) is 5.25. The molecule has 23 heavy (non-hydrogen) atoms. The van der Waals surface area contributed by atoms with E-state index in [1.54, 1.807) is 12.3 Å². The fourth-order valence-electron chi connectivity index (χ4n) is 2.45. The highest BCUT2D eigenvalue weighted by Gasteiger charge is 2.27. The van der Waals surface area contributed by atoms with Gasteiger partial charge in [0.15, 0.2) is 5.76 Å². The molecule has 0 aliphatic heterocycles. The summed E-state index contributed by atoms with van der Waals surface area (Å²) in [5, 5.41) is 17.2. The van der Waals surface area contributed by atoms with Crippen molar-refractivity contribution in [2.45, 2.75) is 25.3 Å². The van der Waals surface area contributed by atoms with E-state index in [0.29, 0.717) is 28.3 Å². The molecule has 9 nitrogen and oxygen atoms in total. The predicted molar refractivity (Wildman–Crippen MR) is 75.9 cm³/mol. The first-order valence-electron chi connectivity index (χ1n) is 7.18. The summed E-state index contributed by atoms with van der Waals surface area (Å²) >= 11 is 0. The Hall–Kier alpha value is -3.10. The lowest BCUT2D eigenvalue weighted by Crippen LogP contribution is -2.39. The van der Waals surface area contributed by atoms with Gasteiger partial charge >= 0.3 is 0 Å². The Labute approximate surface area is 130 Å². The van der Waals surface area contributed by atoms with Crippen LogP contribution in [0.3, 0.4) is 0 Å². The molecule has 0 aromatic carbocycles. The van der Waals surface area contributed by atoms with Gasteiger partial charge in [0, 0.05) is 28.3 Å². The number of rotatable bonds is 4. The number of carbonyl (C=O) groups is 1. The molecule has 4 rings (SSSR count). The Bertz CT molecular complexity index is 759. The topological polar surface area (TPSA) is 120 Å². The molecule has 0 spiro atoms. The third kappa shape index (κ3) is 2.45. The lowest BCUT2D eigenvalue weighted by Gasteiger charge is -2.26. The normalized spacial score (nSPS) is 14.4. The van der Waals surface area contributed by atoms with Gasteiger partial charge in [-0.15, -0.1) is 10.2 Å². The molecular formula is C14H12N6O3. The summed E-state index contributed by atoms with van der Waals surface area (Å²) in [7, 11) is 0. The smallest absolute Gasteiger partial charge is 0.254 e. The van der Waals surface area contributed by atoms with Crippen LogP contribution in [0.4, 0.5) is 0 Å². The van der Waals surface area contributed by atoms with E-state index in [0.717, 1.165) is 19.3 Å². The summed E-state index contributed by atoms with van der Waals surface area (Å²) in [6.45, 7) is 0. The van der Waals surface area contributed by atoms with Crippen molar-refractivity contribution in [3.8, 4) is 22.8 Å². The third-order valence-electron chi connectivity index (χ3n) is 3.84. The molecule has 3 heterocycles. The van der Waals surface area contributed by atoms with E-state index in [-0.39, 0.29) is 11.9 Å². The van der Waals surface area contributed by atoms with Crippen LogP contribution in [-0.4, -0.2) is 37.7 Å². The van der Waals surface area contributed by atoms with Crippen LogP contribution in [0.5, 0.6) is 0 Å². The fraction of sp³-hybridized carbons (Fsp3) is 0.286. The summed E-state index contributed by atoms with van der Waals surface area (Å²) < 4.78 is 10.2. The maximum Gasteiger partial charge on any atom is 0.254 e. The quantitative estimate of drug-likeness (QED) is 0.768. The Kier molecular flexibility index (Phi) is 3.30. The molecule has 3 aromatic heterocycles. The molecule has 116 valence electrons. The number of hydrogen-bond acceptors (Lipinski definition) is 8. The molecule has 3 aromatic rings. The lowest BCUT2D eigenvalue weighted by atomic mass is 9.92. The standard InChI is InChI=1S/C14H12N6O3/c21-14(18-8-2-1-3-8)12-9(10-6-16-19-22-10)4-5-15-13(12)11-7-17-20-23-11/h4-8H,1-3H2,(H,18,21). The minimum atomic E-state index is -0.249. The van der Waals surface area contributed by atoms with Gasteiger partial charge in [-0.3, -0.25) is 9.78 Å². The maximum atomic E-state index is 12.8. The van der Waals surface area contributed by atoms with Crippen LogP contribution in [0, 0.1) is 0 Å². The average molecular weight is 312 g/mol. The van der Waals surface area contributed by atoms with Gasteiger partial charge in [0.05, 0.1) is 11.8 Å². The zero-order valence-corrected chi connectivity index (χ0v) is 12.0. The van der Waals surface area contributed by atoms with Crippen molar-refractivity contribution in [3.63, 3.8) is 0 Å². The van der Waals surface area contributed by atoms with Gasteiger partial charge in [0.2, 0.25) is 5.76 Å². The van der Waals surface area contributed by atoms with E-state index in [1.807, 2.05) is 0 Å². The first kappa shape index (κ1) is 13.6. The summed E-state index contributed by atoms with van der Waals surface area (Å²) in [4.78, 5) is 17.0. The molecule has 1 aliphatic rings. The fourth-order valence-corrected chi connectivity index (χ4v) is 2.45. The Balaban J connectivity index is 1.83. The van der Waals surface area contributed by atoms with E-state index in [1.165, 1.54) is 12.4 Å². The maximum absolute atomic E-state index is 12.8. The molecule has 0 atom stereocenters. The molecule has 0 radical (unpaired) electrons. The first-order chi connectivity index (χ1) is 11.3. The predicted octanol–water partition coefficient (Wildman–Crippen LogP) is 1.46. The van der Waals surface area contributed by atoms with Crippen molar-refractivity contribution in [3.05, 3.63) is 30.2 Å². The molecular weight excluding hydrogens is 300 g/mol. The molecule has 0 unspecified atom stereocenters. The van der Waals surface area contributed by atoms with Crippen molar-refractivity contribution >= 4 is 5.91 Å². The number of nitrogens with zero attached hydrogens (tertiary/aromatic N) is 5. The number of nitrogens with one attached hydrogen (secondary N) is 1. The first-order valence-corrected chi connectivity index (χ1v) is 7.18. The van der Waals surface area contributed by atoms with Crippen molar-refractivity contribution in [1.82, 2.24) is 31.0 Å². The van der Waals surface area contributed by atoms with Gasteiger partial charge in [-0.05, 0) is 25.3 Å². The van der Waals surface area contributed by atoms with Crippen LogP contribution in [0.2, 0.25) is 0 Å². The minimum Gasteiger partial charge on any atom is -0.349 e. The van der Waals surface area contributed by atoms with Gasteiger partial charge in [-0.25, -0.2) is 0 Å². The Morgan fingerprint density at radius 3 is 2.48 bits per heavy atom. The molecule has 1 aliphatic carbocycles. The van der Waals surface area contributed by atoms with E-state index < -0.39 is 0 Å². The van der Waals surface area contributed by atoms with Crippen LogP contribution in [0.25, 0.3) is 22.8 Å². The Morgan fingerprint density at radius 1 is 1.13 bits per heavy atom. The second-order valence-corrected chi connectivity index (χ2v) is 5.25. The zero-order chi connectivity index (χ0) is 15.6. The number of aromatic nitrogens is 5. The van der Waals surface area contributed by atoms with Crippen LogP contribution < -0.4 is 5.32 Å². The van der Waals surface area contributed by atoms with Gasteiger partial charge in [-0.2, -0.15) is 0 Å². The van der Waals surface area contributed by atoms with Gasteiger partial charge in [0.1, 0.15) is 11.9 Å². The SMILES string of the molecule is O=C(NC1CCC1)c1c(-c2cnno2)ccnc1-c1cnno1. The molecule has 1 amide bonds. The van der Waals surface area contributed by atoms with E-state index >= 15 is 0 Å². The molecule has 1 fully saturated rings. The average Bonchev–Trinajstić information content (AvgIpc) is 3.22. The number of pyridine rings is 1. The summed E-state index contributed by atoms with van der Waals surface area (Å²) in [6.07, 6.45) is 7.48. The lowest BCUT2D eigenvalue weighted by molar-refractivity contribution is 0.0917. The number of carbonyl (C=O) groups excluding carboxylic acids is 1. The molecule has 1 saturated carbocycles. The molecule has 0 saturated heterocycles. The summed E-state index contributed by atoms with van der Waals surface area (Å²) in [5.74, 6) is 0.429. The summed E-state index contributed by atoms with van der Waals surface area (Å²) in [5.41, 5.74) is 1.21. The highest BCUT2D eigenvalue weighted by molar-refractivity contribution is 6.05. The molecule has 9 heteroatoms. The number of amides is 1. The molecule has 1 N–H and O–H groups in total. The van der Waals surface area contributed by atoms with Crippen LogP contribution in [0.1, 0.15) is 29.6 Å². The summed E-state index contributed by atoms with van der Waals surface area (Å²) in [6, 6.07) is 1.86. The van der Waals surface area contributed by atoms with E-state index in [4.69, 9.17) is 9.05 Å². The van der Waals surface area contributed by atoms with E-state index in [9.17, 15) is 4.79 Å². The van der Waals surface area contributed by atoms with Crippen molar-refractivity contribution in [2.24, 2.45) is 0 Å². The zero-order valence-electron chi connectivity index (χ0n) is 12.0. The highest BCUT2D eigenvalue weighted by atomic mass is 16.5. The van der Waals surface area contributed by atoms with Gasteiger partial charge < -0.3 is 14.4 Å². The monoisotopic (exact) mass is 312 g/mol. The van der Waals surface area contributed by atoms with Gasteiger partial charge in [-0.1, -0.05) is 0 Å². The second kappa shape index (κ2) is 5.59. The molecule has 0 bridgehead atoms. The minimum absolute atomic E-state index is 0.184. The van der Waals surface area contributed by atoms with Crippen LogP contribution in [-0.2, 0) is 0 Å².